The molecule has 1 atom stereocenters. The highest BCUT2D eigenvalue weighted by molar-refractivity contribution is 5.04. The Morgan fingerprint density at radius 3 is 3.15 bits per heavy atom. The molecule has 1 fully saturated rings. The third kappa shape index (κ3) is 4.89. The van der Waals surface area contributed by atoms with Crippen molar-refractivity contribution in [3.63, 3.8) is 0 Å². The summed E-state index contributed by atoms with van der Waals surface area (Å²) in [5.41, 5.74) is 1.24. The molecule has 2 heterocycles. The summed E-state index contributed by atoms with van der Waals surface area (Å²) in [4.78, 5) is 2.53. The average molecular weight is 280 g/mol. The maximum absolute atomic E-state index is 8.94. The molecule has 1 aliphatic heterocycles. The van der Waals surface area contributed by atoms with Crippen molar-refractivity contribution in [2.24, 2.45) is 0 Å². The van der Waals surface area contributed by atoms with Crippen LogP contribution in [0.5, 0.6) is 0 Å². The highest BCUT2D eigenvalue weighted by atomic mass is 16.3. The van der Waals surface area contributed by atoms with Gasteiger partial charge in [-0.2, -0.15) is 5.10 Å². The zero-order chi connectivity index (χ0) is 14.2. The van der Waals surface area contributed by atoms with Crippen LogP contribution in [0.1, 0.15) is 38.2 Å². The molecule has 0 amide bonds. The second-order valence-corrected chi connectivity index (χ2v) is 5.72. The van der Waals surface area contributed by atoms with Gasteiger partial charge in [-0.1, -0.05) is 13.3 Å². The van der Waals surface area contributed by atoms with Crippen molar-refractivity contribution in [2.45, 2.75) is 51.7 Å². The Balaban J connectivity index is 1.87. The summed E-state index contributed by atoms with van der Waals surface area (Å²) in [5.74, 6) is 0. The van der Waals surface area contributed by atoms with E-state index >= 15 is 0 Å². The molecule has 114 valence electrons. The second kappa shape index (κ2) is 8.39. The lowest BCUT2D eigenvalue weighted by molar-refractivity contribution is 0.237. The zero-order valence-corrected chi connectivity index (χ0v) is 12.6. The van der Waals surface area contributed by atoms with Gasteiger partial charge in [0.25, 0.3) is 0 Å². The van der Waals surface area contributed by atoms with E-state index in [-0.39, 0.29) is 6.61 Å². The Hall–Kier alpha value is -0.910. The molecule has 0 aliphatic carbocycles. The first-order valence-corrected chi connectivity index (χ1v) is 7.89. The molecule has 5 heteroatoms. The number of unbranched alkanes of at least 4 members (excludes halogenated alkanes) is 1. The molecule has 1 aromatic rings. The fourth-order valence-electron chi connectivity index (χ4n) is 2.81. The SMILES string of the molecule is CCCCN(Cc1cnn(CCO)c1)CC1CCCN1. The lowest BCUT2D eigenvalue weighted by Crippen LogP contribution is -2.37. The topological polar surface area (TPSA) is 53.3 Å². The number of rotatable bonds is 9. The summed E-state index contributed by atoms with van der Waals surface area (Å²) in [6.45, 7) is 7.38. The van der Waals surface area contributed by atoms with E-state index < -0.39 is 0 Å². The van der Waals surface area contributed by atoms with Crippen molar-refractivity contribution < 1.29 is 5.11 Å². The fourth-order valence-corrected chi connectivity index (χ4v) is 2.81. The molecule has 1 aliphatic rings. The summed E-state index contributed by atoms with van der Waals surface area (Å²) < 4.78 is 1.82. The third-order valence-electron chi connectivity index (χ3n) is 3.89. The lowest BCUT2D eigenvalue weighted by Gasteiger charge is -2.25. The predicted octanol–water partition coefficient (Wildman–Crippen LogP) is 1.23. The van der Waals surface area contributed by atoms with Crippen LogP contribution in [-0.2, 0) is 13.1 Å². The Kier molecular flexibility index (Phi) is 6.50. The highest BCUT2D eigenvalue weighted by Gasteiger charge is 2.18. The second-order valence-electron chi connectivity index (χ2n) is 5.72. The number of aliphatic hydroxyl groups is 1. The molecule has 1 unspecified atom stereocenters. The van der Waals surface area contributed by atoms with Crippen LogP contribution < -0.4 is 5.32 Å². The molecule has 20 heavy (non-hydrogen) atoms. The first kappa shape index (κ1) is 15.5. The van der Waals surface area contributed by atoms with Crippen LogP contribution in [0.25, 0.3) is 0 Å². The normalized spacial score (nSPS) is 19.1. The molecule has 0 saturated carbocycles. The Morgan fingerprint density at radius 1 is 1.55 bits per heavy atom. The van der Waals surface area contributed by atoms with Gasteiger partial charge in [-0.25, -0.2) is 0 Å². The summed E-state index contributed by atoms with van der Waals surface area (Å²) in [6, 6.07) is 0.652. The van der Waals surface area contributed by atoms with E-state index in [9.17, 15) is 0 Å². The van der Waals surface area contributed by atoms with Gasteiger partial charge in [0.1, 0.15) is 0 Å². The zero-order valence-electron chi connectivity index (χ0n) is 12.6. The van der Waals surface area contributed by atoms with Crippen molar-refractivity contribution in [3.8, 4) is 0 Å². The molecule has 1 saturated heterocycles. The molecule has 5 nitrogen and oxygen atoms in total. The van der Waals surface area contributed by atoms with Gasteiger partial charge in [0, 0.05) is 30.9 Å². The summed E-state index contributed by atoms with van der Waals surface area (Å²) >= 11 is 0. The fraction of sp³-hybridized carbons (Fsp3) is 0.800. The Bertz CT molecular complexity index is 374. The van der Waals surface area contributed by atoms with Crippen LogP contribution >= 0.6 is 0 Å². The van der Waals surface area contributed by atoms with E-state index in [2.05, 4.69) is 28.4 Å². The number of hydrogen-bond donors (Lipinski definition) is 2. The smallest absolute Gasteiger partial charge is 0.0640 e. The minimum atomic E-state index is 0.145. The number of hydrogen-bond acceptors (Lipinski definition) is 4. The van der Waals surface area contributed by atoms with Gasteiger partial charge in [-0.05, 0) is 32.4 Å². The Morgan fingerprint density at radius 2 is 2.45 bits per heavy atom. The first-order valence-electron chi connectivity index (χ1n) is 7.89. The highest BCUT2D eigenvalue weighted by Crippen LogP contribution is 2.11. The maximum atomic E-state index is 8.94. The summed E-state index contributed by atoms with van der Waals surface area (Å²) in [5, 5.41) is 16.8. The standard InChI is InChI=1S/C15H28N4O/c1-2-3-7-18(13-15-5-4-6-16-15)11-14-10-17-19(12-14)8-9-20/h10,12,15-16,20H,2-9,11,13H2,1H3. The van der Waals surface area contributed by atoms with Crippen molar-refractivity contribution in [2.75, 3.05) is 26.2 Å². The molecule has 2 rings (SSSR count). The Labute approximate surface area is 122 Å². The van der Waals surface area contributed by atoms with Gasteiger partial charge >= 0.3 is 0 Å². The molecule has 0 bridgehead atoms. The van der Waals surface area contributed by atoms with Crippen molar-refractivity contribution in [1.82, 2.24) is 20.0 Å². The molecule has 0 radical (unpaired) electrons. The molecular formula is C15H28N4O. The van der Waals surface area contributed by atoms with Crippen LogP contribution in [0.15, 0.2) is 12.4 Å². The van der Waals surface area contributed by atoms with E-state index in [1.807, 2.05) is 10.9 Å². The van der Waals surface area contributed by atoms with Gasteiger partial charge in [0.2, 0.25) is 0 Å². The van der Waals surface area contributed by atoms with E-state index in [0.29, 0.717) is 12.6 Å². The summed E-state index contributed by atoms with van der Waals surface area (Å²) in [7, 11) is 0. The number of nitrogens with zero attached hydrogens (tertiary/aromatic N) is 3. The molecule has 0 aromatic carbocycles. The monoisotopic (exact) mass is 280 g/mol. The van der Waals surface area contributed by atoms with E-state index in [1.165, 1.54) is 37.8 Å². The first-order chi connectivity index (χ1) is 9.81. The minimum Gasteiger partial charge on any atom is -0.394 e. The van der Waals surface area contributed by atoms with Gasteiger partial charge < -0.3 is 10.4 Å². The van der Waals surface area contributed by atoms with Crippen LogP contribution in [0, 0.1) is 0 Å². The van der Waals surface area contributed by atoms with Crippen LogP contribution in [0.3, 0.4) is 0 Å². The van der Waals surface area contributed by atoms with Gasteiger partial charge in [-0.3, -0.25) is 9.58 Å². The van der Waals surface area contributed by atoms with E-state index in [4.69, 9.17) is 5.11 Å². The van der Waals surface area contributed by atoms with Gasteiger partial charge in [0.15, 0.2) is 0 Å². The number of aromatic nitrogens is 2. The lowest BCUT2D eigenvalue weighted by atomic mass is 10.2. The predicted molar refractivity (Wildman–Crippen MR) is 80.5 cm³/mol. The van der Waals surface area contributed by atoms with Crippen molar-refractivity contribution in [3.05, 3.63) is 18.0 Å². The largest absolute Gasteiger partial charge is 0.394 e. The van der Waals surface area contributed by atoms with Gasteiger partial charge in [0.05, 0.1) is 19.3 Å². The molecule has 1 aromatic heterocycles. The molecular weight excluding hydrogens is 252 g/mol. The van der Waals surface area contributed by atoms with Gasteiger partial charge in [-0.15, -0.1) is 0 Å². The van der Waals surface area contributed by atoms with Crippen LogP contribution in [0.2, 0.25) is 0 Å². The van der Waals surface area contributed by atoms with Crippen LogP contribution in [0.4, 0.5) is 0 Å². The maximum Gasteiger partial charge on any atom is 0.0640 e. The van der Waals surface area contributed by atoms with E-state index in [1.54, 1.807) is 0 Å². The molecule has 2 N–H and O–H groups in total. The average Bonchev–Trinajstić information content (AvgIpc) is 3.09. The van der Waals surface area contributed by atoms with Crippen LogP contribution in [-0.4, -0.2) is 52.1 Å². The van der Waals surface area contributed by atoms with Crippen molar-refractivity contribution >= 4 is 0 Å². The van der Waals surface area contributed by atoms with Crippen molar-refractivity contribution in [1.29, 1.82) is 0 Å². The number of aliphatic hydroxyl groups excluding tert-OH is 1. The number of nitrogens with one attached hydrogen (secondary N) is 1. The summed E-state index contributed by atoms with van der Waals surface area (Å²) in [6.07, 6.45) is 9.07. The third-order valence-corrected chi connectivity index (χ3v) is 3.89. The molecule has 0 spiro atoms. The quantitative estimate of drug-likeness (QED) is 0.714. The minimum absolute atomic E-state index is 0.145. The van der Waals surface area contributed by atoms with E-state index in [0.717, 1.165) is 19.6 Å².